The summed E-state index contributed by atoms with van der Waals surface area (Å²) in [7, 11) is 0. The van der Waals surface area contributed by atoms with Crippen molar-refractivity contribution in [3.8, 4) is 5.75 Å². The Bertz CT molecular complexity index is 332. The summed E-state index contributed by atoms with van der Waals surface area (Å²) < 4.78 is 11.3. The second-order valence-electron chi connectivity index (χ2n) is 4.11. The molecule has 1 saturated carbocycles. The van der Waals surface area contributed by atoms with Crippen LogP contribution < -0.4 is 4.74 Å². The lowest BCUT2D eigenvalue weighted by Gasteiger charge is -2.36. The molecule has 1 aromatic carbocycles. The Hall–Kier alpha value is -1.44. The third-order valence-corrected chi connectivity index (χ3v) is 2.92. The Morgan fingerprint density at radius 1 is 1.25 bits per heavy atom. The van der Waals surface area contributed by atoms with Gasteiger partial charge in [0.05, 0.1) is 12.9 Å². The first-order valence-corrected chi connectivity index (χ1v) is 5.84. The van der Waals surface area contributed by atoms with E-state index in [1.807, 2.05) is 43.3 Å². The number of benzene rings is 1. The van der Waals surface area contributed by atoms with Gasteiger partial charge in [0.25, 0.3) is 0 Å². The maximum atomic E-state index is 5.89. The normalized spacial score (nSPS) is 24.1. The molecule has 16 heavy (non-hydrogen) atoms. The minimum absolute atomic E-state index is 0.327. The minimum atomic E-state index is 0.327. The number of para-hydroxylation sites is 1. The minimum Gasteiger partial charge on any atom is -0.501 e. The van der Waals surface area contributed by atoms with Gasteiger partial charge in [-0.1, -0.05) is 24.3 Å². The van der Waals surface area contributed by atoms with Crippen molar-refractivity contribution >= 4 is 0 Å². The predicted octanol–water partition coefficient (Wildman–Crippen LogP) is 3.39. The van der Waals surface area contributed by atoms with E-state index < -0.39 is 0 Å². The molecule has 0 aliphatic heterocycles. The van der Waals surface area contributed by atoms with E-state index in [4.69, 9.17) is 9.47 Å². The first-order valence-electron chi connectivity index (χ1n) is 5.84. The van der Waals surface area contributed by atoms with Gasteiger partial charge in [-0.25, -0.2) is 0 Å². The predicted molar refractivity (Wildman–Crippen MR) is 64.3 cm³/mol. The van der Waals surface area contributed by atoms with Crippen LogP contribution in [0.15, 0.2) is 42.7 Å². The molecule has 0 spiro atoms. The highest BCUT2D eigenvalue weighted by Gasteiger charge is 2.33. The maximum absolute atomic E-state index is 5.89. The highest BCUT2D eigenvalue weighted by atomic mass is 16.5. The van der Waals surface area contributed by atoms with Crippen molar-refractivity contribution in [1.29, 1.82) is 0 Å². The van der Waals surface area contributed by atoms with E-state index in [0.29, 0.717) is 12.0 Å². The SMILES string of the molecule is CC=COCC1CCC1Oc1ccccc1. The van der Waals surface area contributed by atoms with E-state index in [2.05, 4.69) is 0 Å². The fourth-order valence-electron chi connectivity index (χ4n) is 1.83. The standard InChI is InChI=1S/C14H18O2/c1-2-10-15-11-12-8-9-14(12)16-13-6-4-3-5-7-13/h2-7,10,12,14H,8-9,11H2,1H3. The highest BCUT2D eigenvalue weighted by molar-refractivity contribution is 5.21. The van der Waals surface area contributed by atoms with Gasteiger partial charge in [0.1, 0.15) is 11.9 Å². The lowest BCUT2D eigenvalue weighted by atomic mass is 9.82. The van der Waals surface area contributed by atoms with Crippen LogP contribution in [0.3, 0.4) is 0 Å². The third-order valence-electron chi connectivity index (χ3n) is 2.92. The van der Waals surface area contributed by atoms with E-state index in [-0.39, 0.29) is 0 Å². The third kappa shape index (κ3) is 2.78. The van der Waals surface area contributed by atoms with Gasteiger partial charge in [-0.2, -0.15) is 0 Å². The van der Waals surface area contributed by atoms with Crippen molar-refractivity contribution in [2.45, 2.75) is 25.9 Å². The molecule has 86 valence electrons. The zero-order valence-electron chi connectivity index (χ0n) is 9.63. The summed E-state index contributed by atoms with van der Waals surface area (Å²) in [6, 6.07) is 10.0. The van der Waals surface area contributed by atoms with Gasteiger partial charge in [-0.15, -0.1) is 0 Å². The number of rotatable bonds is 5. The van der Waals surface area contributed by atoms with Gasteiger partial charge < -0.3 is 9.47 Å². The molecule has 1 aromatic rings. The largest absolute Gasteiger partial charge is 0.501 e. The van der Waals surface area contributed by atoms with E-state index in [9.17, 15) is 0 Å². The monoisotopic (exact) mass is 218 g/mol. The first kappa shape index (κ1) is 11.1. The van der Waals surface area contributed by atoms with Gasteiger partial charge in [-0.3, -0.25) is 0 Å². The molecule has 1 aliphatic rings. The smallest absolute Gasteiger partial charge is 0.119 e. The van der Waals surface area contributed by atoms with E-state index in [1.54, 1.807) is 6.26 Å². The molecule has 0 radical (unpaired) electrons. The Labute approximate surface area is 96.9 Å². The molecule has 2 atom stereocenters. The second-order valence-corrected chi connectivity index (χ2v) is 4.11. The Balaban J connectivity index is 1.78. The molecule has 0 heterocycles. The van der Waals surface area contributed by atoms with Gasteiger partial charge in [-0.05, 0) is 31.9 Å². The quantitative estimate of drug-likeness (QED) is 0.705. The average Bonchev–Trinajstić information content (AvgIpc) is 2.32. The van der Waals surface area contributed by atoms with Gasteiger partial charge in [0.2, 0.25) is 0 Å². The van der Waals surface area contributed by atoms with Crippen LogP contribution in [-0.4, -0.2) is 12.7 Å². The molecule has 2 unspecified atom stereocenters. The molecular weight excluding hydrogens is 200 g/mol. The van der Waals surface area contributed by atoms with Crippen LogP contribution in [0.4, 0.5) is 0 Å². The topological polar surface area (TPSA) is 18.5 Å². The van der Waals surface area contributed by atoms with Gasteiger partial charge in [0.15, 0.2) is 0 Å². The maximum Gasteiger partial charge on any atom is 0.119 e. The van der Waals surface area contributed by atoms with Crippen LogP contribution in [-0.2, 0) is 4.74 Å². The Kier molecular flexibility index (Phi) is 3.86. The molecule has 2 heteroatoms. The first-order chi connectivity index (χ1) is 7.90. The summed E-state index contributed by atoms with van der Waals surface area (Å²) in [5.41, 5.74) is 0. The Morgan fingerprint density at radius 2 is 2.06 bits per heavy atom. The summed E-state index contributed by atoms with van der Waals surface area (Å²) in [6.45, 7) is 2.72. The summed E-state index contributed by atoms with van der Waals surface area (Å²) in [6.07, 6.45) is 6.32. The van der Waals surface area contributed by atoms with E-state index >= 15 is 0 Å². The Morgan fingerprint density at radius 3 is 2.69 bits per heavy atom. The zero-order chi connectivity index (χ0) is 11.2. The summed E-state index contributed by atoms with van der Waals surface area (Å²) >= 11 is 0. The molecule has 0 bridgehead atoms. The number of hydrogen-bond donors (Lipinski definition) is 0. The lowest BCUT2D eigenvalue weighted by molar-refractivity contribution is 0.00668. The average molecular weight is 218 g/mol. The van der Waals surface area contributed by atoms with Crippen LogP contribution in [0.5, 0.6) is 5.75 Å². The fraction of sp³-hybridized carbons (Fsp3) is 0.429. The molecule has 0 saturated heterocycles. The fourth-order valence-corrected chi connectivity index (χ4v) is 1.83. The van der Waals surface area contributed by atoms with Gasteiger partial charge >= 0.3 is 0 Å². The van der Waals surface area contributed by atoms with Gasteiger partial charge in [0, 0.05) is 5.92 Å². The highest BCUT2D eigenvalue weighted by Crippen LogP contribution is 2.31. The number of hydrogen-bond acceptors (Lipinski definition) is 2. The summed E-state index contributed by atoms with van der Waals surface area (Å²) in [5.74, 6) is 1.50. The molecule has 0 aromatic heterocycles. The lowest BCUT2D eigenvalue weighted by Crippen LogP contribution is -2.39. The van der Waals surface area contributed by atoms with Crippen LogP contribution in [0, 0.1) is 5.92 Å². The van der Waals surface area contributed by atoms with Crippen LogP contribution in [0.2, 0.25) is 0 Å². The van der Waals surface area contributed by atoms with Crippen molar-refractivity contribution in [3.63, 3.8) is 0 Å². The molecule has 1 fully saturated rings. The van der Waals surface area contributed by atoms with E-state index in [0.717, 1.165) is 18.8 Å². The van der Waals surface area contributed by atoms with Crippen molar-refractivity contribution < 1.29 is 9.47 Å². The summed E-state index contributed by atoms with van der Waals surface area (Å²) in [4.78, 5) is 0. The van der Waals surface area contributed by atoms with Crippen LogP contribution in [0.25, 0.3) is 0 Å². The van der Waals surface area contributed by atoms with E-state index in [1.165, 1.54) is 6.42 Å². The molecule has 2 nitrogen and oxygen atoms in total. The molecular formula is C14H18O2. The molecule has 2 rings (SSSR count). The van der Waals surface area contributed by atoms with Crippen molar-refractivity contribution in [2.24, 2.45) is 5.92 Å². The summed E-state index contributed by atoms with van der Waals surface area (Å²) in [5, 5.41) is 0. The van der Waals surface area contributed by atoms with Crippen LogP contribution in [0.1, 0.15) is 19.8 Å². The second kappa shape index (κ2) is 5.59. The number of allylic oxidation sites excluding steroid dienone is 1. The molecule has 1 aliphatic carbocycles. The zero-order valence-corrected chi connectivity index (χ0v) is 9.63. The molecule has 0 N–H and O–H groups in total. The number of ether oxygens (including phenoxy) is 2. The van der Waals surface area contributed by atoms with Crippen molar-refractivity contribution in [1.82, 2.24) is 0 Å². The van der Waals surface area contributed by atoms with Crippen molar-refractivity contribution in [3.05, 3.63) is 42.7 Å². The van der Waals surface area contributed by atoms with Crippen LogP contribution >= 0.6 is 0 Å². The molecule has 0 amide bonds. The van der Waals surface area contributed by atoms with Crippen molar-refractivity contribution in [2.75, 3.05) is 6.61 Å².